The first-order chi connectivity index (χ1) is 12.7. The van der Waals surface area contributed by atoms with Crippen molar-refractivity contribution in [2.45, 2.75) is 37.8 Å². The van der Waals surface area contributed by atoms with Gasteiger partial charge in [0.2, 0.25) is 5.91 Å². The van der Waals surface area contributed by atoms with Crippen LogP contribution in [-0.4, -0.2) is 50.8 Å². The molecule has 1 fully saturated rings. The number of hydrogen-bond acceptors (Lipinski definition) is 4. The number of amides is 3. The highest BCUT2D eigenvalue weighted by molar-refractivity contribution is 5.91. The molecule has 0 unspecified atom stereocenters. The Hall–Kier alpha value is -1.83. The first-order valence-corrected chi connectivity index (χ1v) is 9.24. The van der Waals surface area contributed by atoms with Crippen molar-refractivity contribution in [2.75, 3.05) is 33.4 Å². The van der Waals surface area contributed by atoms with Gasteiger partial charge in [-0.05, 0) is 18.4 Å². The van der Waals surface area contributed by atoms with Crippen molar-refractivity contribution < 1.29 is 14.3 Å². The highest BCUT2D eigenvalue weighted by Gasteiger charge is 2.42. The SMILES string of the molecule is COCCNCCNC(=O)C1(NC(=O)NCc2ccccc2)CCCC1.Cl. The summed E-state index contributed by atoms with van der Waals surface area (Å²) in [6.45, 7) is 3.02. The number of rotatable bonds is 10. The van der Waals surface area contributed by atoms with E-state index in [0.29, 0.717) is 39.1 Å². The number of urea groups is 1. The van der Waals surface area contributed by atoms with Crippen molar-refractivity contribution in [3.05, 3.63) is 35.9 Å². The van der Waals surface area contributed by atoms with Gasteiger partial charge in [0.05, 0.1) is 6.61 Å². The van der Waals surface area contributed by atoms with E-state index < -0.39 is 5.54 Å². The standard InChI is InChI=1S/C19H30N4O3.ClH/c1-26-14-13-20-11-12-21-17(24)19(9-5-6-10-19)23-18(25)22-15-16-7-3-2-4-8-16;/h2-4,7-8,20H,5-6,9-15H2,1H3,(H,21,24)(H2,22,23,25);1H. The monoisotopic (exact) mass is 398 g/mol. The molecule has 0 radical (unpaired) electrons. The zero-order valence-electron chi connectivity index (χ0n) is 15.9. The van der Waals surface area contributed by atoms with Crippen molar-refractivity contribution in [1.29, 1.82) is 0 Å². The molecule has 7 nitrogen and oxygen atoms in total. The first kappa shape index (κ1) is 23.2. The Labute approximate surface area is 167 Å². The van der Waals surface area contributed by atoms with E-state index in [2.05, 4.69) is 21.3 Å². The lowest BCUT2D eigenvalue weighted by Gasteiger charge is -2.29. The summed E-state index contributed by atoms with van der Waals surface area (Å²) in [7, 11) is 1.65. The third kappa shape index (κ3) is 7.74. The van der Waals surface area contributed by atoms with Crippen LogP contribution in [0.1, 0.15) is 31.2 Å². The average molecular weight is 399 g/mol. The summed E-state index contributed by atoms with van der Waals surface area (Å²) in [4.78, 5) is 25.0. The van der Waals surface area contributed by atoms with E-state index in [1.54, 1.807) is 7.11 Å². The highest BCUT2D eigenvalue weighted by Crippen LogP contribution is 2.29. The van der Waals surface area contributed by atoms with Crippen LogP contribution in [0, 0.1) is 0 Å². The number of ether oxygens (including phenoxy) is 1. The van der Waals surface area contributed by atoms with Gasteiger partial charge in [-0.15, -0.1) is 12.4 Å². The summed E-state index contributed by atoms with van der Waals surface area (Å²) in [5.41, 5.74) is 0.225. The van der Waals surface area contributed by atoms with Crippen molar-refractivity contribution in [2.24, 2.45) is 0 Å². The average Bonchev–Trinajstić information content (AvgIpc) is 3.13. The lowest BCUT2D eigenvalue weighted by Crippen LogP contribution is -2.59. The van der Waals surface area contributed by atoms with E-state index in [4.69, 9.17) is 4.74 Å². The van der Waals surface area contributed by atoms with Crippen molar-refractivity contribution >= 4 is 24.3 Å². The lowest BCUT2D eigenvalue weighted by atomic mass is 9.96. The van der Waals surface area contributed by atoms with Crippen LogP contribution in [0.2, 0.25) is 0 Å². The Morgan fingerprint density at radius 1 is 1.04 bits per heavy atom. The Balaban J connectivity index is 0.00000364. The number of carbonyl (C=O) groups is 2. The van der Waals surface area contributed by atoms with Crippen LogP contribution in [-0.2, 0) is 16.1 Å². The first-order valence-electron chi connectivity index (χ1n) is 9.24. The fourth-order valence-corrected chi connectivity index (χ4v) is 3.16. The molecule has 4 N–H and O–H groups in total. The molecule has 3 amide bonds. The van der Waals surface area contributed by atoms with Crippen LogP contribution in [0.4, 0.5) is 4.79 Å². The number of carbonyl (C=O) groups excluding carboxylic acids is 2. The second-order valence-electron chi connectivity index (χ2n) is 6.58. The number of benzene rings is 1. The maximum Gasteiger partial charge on any atom is 0.315 e. The minimum atomic E-state index is -0.798. The molecular formula is C19H31ClN4O3. The molecule has 0 aromatic heterocycles. The Morgan fingerprint density at radius 3 is 2.41 bits per heavy atom. The molecule has 0 bridgehead atoms. The second-order valence-corrected chi connectivity index (χ2v) is 6.58. The molecule has 1 aromatic carbocycles. The molecule has 1 saturated carbocycles. The van der Waals surface area contributed by atoms with Gasteiger partial charge < -0.3 is 26.0 Å². The summed E-state index contributed by atoms with van der Waals surface area (Å²) < 4.78 is 4.96. The smallest absolute Gasteiger partial charge is 0.315 e. The van der Waals surface area contributed by atoms with Crippen LogP contribution in [0.3, 0.4) is 0 Å². The zero-order chi connectivity index (χ0) is 18.7. The molecule has 0 heterocycles. The minimum absolute atomic E-state index is 0. The molecule has 0 spiro atoms. The number of nitrogens with one attached hydrogen (secondary N) is 4. The van der Waals surface area contributed by atoms with Crippen molar-refractivity contribution in [1.82, 2.24) is 21.3 Å². The minimum Gasteiger partial charge on any atom is -0.383 e. The molecule has 152 valence electrons. The number of methoxy groups -OCH3 is 1. The lowest BCUT2D eigenvalue weighted by molar-refractivity contribution is -0.127. The largest absolute Gasteiger partial charge is 0.383 e. The van der Waals surface area contributed by atoms with Crippen molar-refractivity contribution in [3.8, 4) is 0 Å². The van der Waals surface area contributed by atoms with E-state index in [-0.39, 0.29) is 24.3 Å². The van der Waals surface area contributed by atoms with E-state index in [1.165, 1.54) is 0 Å². The molecule has 1 aromatic rings. The molecule has 1 aliphatic rings. The topological polar surface area (TPSA) is 91.5 Å². The Bertz CT molecular complexity index is 565. The maximum atomic E-state index is 12.7. The highest BCUT2D eigenvalue weighted by atomic mass is 35.5. The van der Waals surface area contributed by atoms with Gasteiger partial charge in [-0.2, -0.15) is 0 Å². The van der Waals surface area contributed by atoms with Gasteiger partial charge >= 0.3 is 6.03 Å². The van der Waals surface area contributed by atoms with Crippen LogP contribution in [0.25, 0.3) is 0 Å². The van der Waals surface area contributed by atoms with Gasteiger partial charge in [-0.3, -0.25) is 4.79 Å². The van der Waals surface area contributed by atoms with E-state index >= 15 is 0 Å². The quantitative estimate of drug-likeness (QED) is 0.450. The van der Waals surface area contributed by atoms with E-state index in [0.717, 1.165) is 24.9 Å². The molecular weight excluding hydrogens is 368 g/mol. The molecule has 2 rings (SSSR count). The summed E-state index contributed by atoms with van der Waals surface area (Å²) >= 11 is 0. The summed E-state index contributed by atoms with van der Waals surface area (Å²) in [6, 6.07) is 9.40. The fourth-order valence-electron chi connectivity index (χ4n) is 3.16. The van der Waals surface area contributed by atoms with Gasteiger partial charge in [-0.25, -0.2) is 4.79 Å². The predicted molar refractivity (Wildman–Crippen MR) is 108 cm³/mol. The van der Waals surface area contributed by atoms with Crippen LogP contribution in [0.5, 0.6) is 0 Å². The van der Waals surface area contributed by atoms with Gasteiger partial charge in [0, 0.05) is 33.3 Å². The van der Waals surface area contributed by atoms with Crippen LogP contribution >= 0.6 is 12.4 Å². The second kappa shape index (κ2) is 12.5. The van der Waals surface area contributed by atoms with Gasteiger partial charge in [0.15, 0.2) is 0 Å². The molecule has 1 aliphatic carbocycles. The predicted octanol–water partition coefficient (Wildman–Crippen LogP) is 1.57. The Kier molecular flexibility index (Phi) is 10.8. The normalized spacial score (nSPS) is 14.9. The summed E-state index contributed by atoms with van der Waals surface area (Å²) in [6.07, 6.45) is 3.24. The fraction of sp³-hybridized carbons (Fsp3) is 0.579. The van der Waals surface area contributed by atoms with Gasteiger partial charge in [-0.1, -0.05) is 43.2 Å². The number of hydrogen-bond donors (Lipinski definition) is 4. The zero-order valence-corrected chi connectivity index (χ0v) is 16.7. The number of halogens is 1. The molecule has 0 aliphatic heterocycles. The van der Waals surface area contributed by atoms with Crippen molar-refractivity contribution in [3.63, 3.8) is 0 Å². The molecule has 27 heavy (non-hydrogen) atoms. The summed E-state index contributed by atoms with van der Waals surface area (Å²) in [5.74, 6) is -0.0987. The van der Waals surface area contributed by atoms with E-state index in [1.807, 2.05) is 30.3 Å². The molecule has 0 atom stereocenters. The van der Waals surface area contributed by atoms with Gasteiger partial charge in [0.1, 0.15) is 5.54 Å². The van der Waals surface area contributed by atoms with Gasteiger partial charge in [0.25, 0.3) is 0 Å². The Morgan fingerprint density at radius 2 is 1.74 bits per heavy atom. The summed E-state index contributed by atoms with van der Waals surface area (Å²) in [5, 5.41) is 11.9. The molecule has 0 saturated heterocycles. The van der Waals surface area contributed by atoms with Crippen LogP contribution in [0.15, 0.2) is 30.3 Å². The van der Waals surface area contributed by atoms with Crippen LogP contribution < -0.4 is 21.3 Å². The third-order valence-corrected chi connectivity index (χ3v) is 4.61. The maximum absolute atomic E-state index is 12.7. The van der Waals surface area contributed by atoms with E-state index in [9.17, 15) is 9.59 Å². The molecule has 8 heteroatoms. The third-order valence-electron chi connectivity index (χ3n) is 4.61.